The molecule has 180 valence electrons. The third-order valence-corrected chi connectivity index (χ3v) is 6.91. The SMILES string of the molecule is CC(C)(C)NS(=O)(=O)c1ccc(-c2c(C#N)c3cc(C(F)(F)F)cnc3n2-c2ccccc2)cc1. The van der Waals surface area contributed by atoms with Crippen molar-refractivity contribution in [3.63, 3.8) is 0 Å². The van der Waals surface area contributed by atoms with Gasteiger partial charge in [-0.1, -0.05) is 30.3 Å². The van der Waals surface area contributed by atoms with Crippen molar-refractivity contribution >= 4 is 21.1 Å². The van der Waals surface area contributed by atoms with Crippen LogP contribution in [0.5, 0.6) is 0 Å². The van der Waals surface area contributed by atoms with Gasteiger partial charge < -0.3 is 0 Å². The lowest BCUT2D eigenvalue weighted by atomic mass is 10.1. The van der Waals surface area contributed by atoms with E-state index >= 15 is 0 Å². The van der Waals surface area contributed by atoms with Crippen molar-refractivity contribution in [2.45, 2.75) is 37.4 Å². The van der Waals surface area contributed by atoms with Crippen LogP contribution in [0, 0.1) is 11.3 Å². The molecule has 0 atom stereocenters. The largest absolute Gasteiger partial charge is 0.417 e. The molecular formula is C25H21F3N4O2S. The Labute approximate surface area is 200 Å². The predicted molar refractivity (Wildman–Crippen MR) is 126 cm³/mol. The van der Waals surface area contributed by atoms with Crippen LogP contribution in [0.15, 0.2) is 71.8 Å². The van der Waals surface area contributed by atoms with Crippen molar-refractivity contribution in [3.8, 4) is 23.0 Å². The number of pyridine rings is 1. The molecule has 0 saturated heterocycles. The summed E-state index contributed by atoms with van der Waals surface area (Å²) < 4.78 is 69.7. The van der Waals surface area contributed by atoms with Crippen LogP contribution in [0.3, 0.4) is 0 Å². The molecular weight excluding hydrogens is 477 g/mol. The second kappa shape index (κ2) is 8.52. The molecule has 4 rings (SSSR count). The van der Waals surface area contributed by atoms with Crippen LogP contribution in [0.1, 0.15) is 31.9 Å². The molecule has 0 aliphatic rings. The van der Waals surface area contributed by atoms with E-state index in [0.29, 0.717) is 16.9 Å². The Bertz CT molecular complexity index is 1550. The second-order valence-electron chi connectivity index (χ2n) is 8.98. The van der Waals surface area contributed by atoms with Crippen molar-refractivity contribution in [1.29, 1.82) is 5.26 Å². The minimum absolute atomic E-state index is 0.00544. The highest BCUT2D eigenvalue weighted by atomic mass is 32.2. The highest BCUT2D eigenvalue weighted by Crippen LogP contribution is 2.38. The van der Waals surface area contributed by atoms with E-state index in [1.165, 1.54) is 24.3 Å². The molecule has 10 heteroatoms. The van der Waals surface area contributed by atoms with Gasteiger partial charge in [0.1, 0.15) is 11.7 Å². The number of hydrogen-bond acceptors (Lipinski definition) is 4. The third-order valence-electron chi connectivity index (χ3n) is 5.14. The molecule has 0 aliphatic heterocycles. The molecule has 0 unspecified atom stereocenters. The minimum Gasteiger partial charge on any atom is -0.293 e. The number of hydrogen-bond donors (Lipinski definition) is 1. The van der Waals surface area contributed by atoms with E-state index in [1.54, 1.807) is 55.7 Å². The number of rotatable bonds is 4. The maximum Gasteiger partial charge on any atom is 0.417 e. The fourth-order valence-corrected chi connectivity index (χ4v) is 5.21. The van der Waals surface area contributed by atoms with Gasteiger partial charge in [0.05, 0.1) is 21.7 Å². The van der Waals surface area contributed by atoms with E-state index in [1.807, 2.05) is 6.07 Å². The van der Waals surface area contributed by atoms with E-state index in [-0.39, 0.29) is 21.5 Å². The molecule has 6 nitrogen and oxygen atoms in total. The molecule has 0 radical (unpaired) electrons. The smallest absolute Gasteiger partial charge is 0.293 e. The zero-order valence-electron chi connectivity index (χ0n) is 19.1. The van der Waals surface area contributed by atoms with Crippen molar-refractivity contribution in [2.75, 3.05) is 0 Å². The zero-order valence-corrected chi connectivity index (χ0v) is 19.9. The first-order valence-electron chi connectivity index (χ1n) is 10.5. The van der Waals surface area contributed by atoms with Gasteiger partial charge in [0.25, 0.3) is 0 Å². The van der Waals surface area contributed by atoms with Gasteiger partial charge in [-0.25, -0.2) is 18.1 Å². The van der Waals surface area contributed by atoms with Gasteiger partial charge in [0.2, 0.25) is 10.0 Å². The summed E-state index contributed by atoms with van der Waals surface area (Å²) in [4.78, 5) is 4.08. The number of nitrogens with zero attached hydrogens (tertiary/aromatic N) is 3. The summed E-state index contributed by atoms with van der Waals surface area (Å²) in [6.07, 6.45) is -3.89. The summed E-state index contributed by atoms with van der Waals surface area (Å²) >= 11 is 0. The number of nitrogens with one attached hydrogen (secondary N) is 1. The second-order valence-corrected chi connectivity index (χ2v) is 10.7. The van der Waals surface area contributed by atoms with Crippen molar-refractivity contribution in [3.05, 3.63) is 78.0 Å². The van der Waals surface area contributed by atoms with Gasteiger partial charge in [-0.3, -0.25) is 4.57 Å². The van der Waals surface area contributed by atoms with Gasteiger partial charge in [0.15, 0.2) is 0 Å². The standard InChI is InChI=1S/C25H21F3N4O2S/c1-24(2,3)31-35(33,34)19-11-9-16(10-12-19)22-21(14-29)20-13-17(25(26,27)28)15-30-23(20)32(22)18-7-5-4-6-8-18/h4-13,15,31H,1-3H3. The average Bonchev–Trinajstić information content (AvgIpc) is 3.11. The summed E-state index contributed by atoms with van der Waals surface area (Å²) in [6, 6.07) is 17.6. The molecule has 35 heavy (non-hydrogen) atoms. The Balaban J connectivity index is 1.97. The van der Waals surface area contributed by atoms with Crippen molar-refractivity contribution < 1.29 is 21.6 Å². The van der Waals surface area contributed by atoms with Gasteiger partial charge >= 0.3 is 6.18 Å². The molecule has 0 aliphatic carbocycles. The van der Waals surface area contributed by atoms with Crippen LogP contribution in [-0.4, -0.2) is 23.5 Å². The van der Waals surface area contributed by atoms with Crippen LogP contribution >= 0.6 is 0 Å². The Hall–Kier alpha value is -3.68. The number of halogens is 3. The normalized spacial score (nSPS) is 12.6. The third kappa shape index (κ3) is 4.78. The van der Waals surface area contributed by atoms with Gasteiger partial charge in [-0.15, -0.1) is 0 Å². The van der Waals surface area contributed by atoms with E-state index < -0.39 is 27.3 Å². The molecule has 1 N–H and O–H groups in total. The Morgan fingerprint density at radius 3 is 2.17 bits per heavy atom. The first-order valence-corrected chi connectivity index (χ1v) is 12.0. The minimum atomic E-state index is -4.63. The number of aromatic nitrogens is 2. The van der Waals surface area contributed by atoms with Crippen molar-refractivity contribution in [1.82, 2.24) is 14.3 Å². The number of nitriles is 1. The summed E-state index contributed by atoms with van der Waals surface area (Å²) in [5, 5.41) is 10.0. The summed E-state index contributed by atoms with van der Waals surface area (Å²) in [5.41, 5.74) is -0.111. The first kappa shape index (κ1) is 24.4. The molecule has 0 amide bonds. The molecule has 0 bridgehead atoms. The van der Waals surface area contributed by atoms with Crippen LogP contribution in [0.25, 0.3) is 28.0 Å². The Kier molecular flexibility index (Phi) is 5.95. The highest BCUT2D eigenvalue weighted by Gasteiger charge is 2.33. The Morgan fingerprint density at radius 1 is 1.00 bits per heavy atom. The number of fused-ring (bicyclic) bond motifs is 1. The summed E-state index contributed by atoms with van der Waals surface area (Å²) in [6.45, 7) is 5.16. The molecule has 0 fully saturated rings. The summed E-state index contributed by atoms with van der Waals surface area (Å²) in [7, 11) is -3.80. The number of alkyl halides is 3. The lowest BCUT2D eigenvalue weighted by Gasteiger charge is -2.20. The predicted octanol–water partition coefficient (Wildman–Crippen LogP) is 5.66. The Morgan fingerprint density at radius 2 is 1.63 bits per heavy atom. The molecule has 2 aromatic heterocycles. The van der Waals surface area contributed by atoms with Crippen LogP contribution in [0.2, 0.25) is 0 Å². The lowest BCUT2D eigenvalue weighted by Crippen LogP contribution is -2.40. The maximum absolute atomic E-state index is 13.4. The lowest BCUT2D eigenvalue weighted by molar-refractivity contribution is -0.137. The maximum atomic E-state index is 13.4. The summed E-state index contributed by atoms with van der Waals surface area (Å²) in [5.74, 6) is 0. The van der Waals surface area contributed by atoms with Gasteiger partial charge in [-0.2, -0.15) is 18.4 Å². The van der Waals surface area contributed by atoms with Crippen LogP contribution in [-0.2, 0) is 16.2 Å². The van der Waals surface area contributed by atoms with E-state index in [9.17, 15) is 26.9 Å². The average molecular weight is 499 g/mol. The molecule has 2 heterocycles. The quantitative estimate of drug-likeness (QED) is 0.393. The number of benzene rings is 2. The van der Waals surface area contributed by atoms with E-state index in [2.05, 4.69) is 9.71 Å². The van der Waals surface area contributed by atoms with Crippen LogP contribution in [0.4, 0.5) is 13.2 Å². The van der Waals surface area contributed by atoms with Crippen LogP contribution < -0.4 is 4.72 Å². The topological polar surface area (TPSA) is 87.8 Å². The van der Waals surface area contributed by atoms with Gasteiger partial charge in [0, 0.05) is 28.4 Å². The van der Waals surface area contributed by atoms with Crippen molar-refractivity contribution in [2.24, 2.45) is 0 Å². The monoisotopic (exact) mass is 498 g/mol. The molecule has 0 spiro atoms. The molecule has 2 aromatic carbocycles. The fourth-order valence-electron chi connectivity index (χ4n) is 3.79. The van der Waals surface area contributed by atoms with Gasteiger partial charge in [-0.05, 0) is 51.1 Å². The molecule has 0 saturated carbocycles. The first-order chi connectivity index (χ1) is 16.3. The highest BCUT2D eigenvalue weighted by molar-refractivity contribution is 7.89. The van der Waals surface area contributed by atoms with E-state index in [0.717, 1.165) is 12.3 Å². The fraction of sp³-hybridized carbons (Fsp3) is 0.200. The zero-order chi connectivity index (χ0) is 25.6. The molecule has 4 aromatic rings. The van der Waals surface area contributed by atoms with E-state index in [4.69, 9.17) is 0 Å². The number of para-hydroxylation sites is 1. The number of sulfonamides is 1.